The highest BCUT2D eigenvalue weighted by molar-refractivity contribution is 7.99. The molecule has 14 heavy (non-hydrogen) atoms. The highest BCUT2D eigenvalue weighted by atomic mass is 32.2. The van der Waals surface area contributed by atoms with Gasteiger partial charge in [-0.3, -0.25) is 10.1 Å². The summed E-state index contributed by atoms with van der Waals surface area (Å²) in [4.78, 5) is 11.0. The zero-order valence-corrected chi connectivity index (χ0v) is 8.66. The van der Waals surface area contributed by atoms with Crippen molar-refractivity contribution in [3.8, 4) is 0 Å². The molecule has 1 rings (SSSR count). The molecule has 0 heterocycles. The lowest BCUT2D eigenvalue weighted by molar-refractivity contribution is -0.384. The van der Waals surface area contributed by atoms with Crippen LogP contribution < -0.4 is 5.73 Å². The normalized spacial score (nSPS) is 12.4. The number of benzene rings is 1. The summed E-state index contributed by atoms with van der Waals surface area (Å²) in [5, 5.41) is 10.4. The van der Waals surface area contributed by atoms with Gasteiger partial charge in [-0.05, 0) is 19.1 Å². The minimum absolute atomic E-state index is 0.121. The van der Waals surface area contributed by atoms with Gasteiger partial charge in [0.05, 0.1) is 4.92 Å². The molecule has 0 aliphatic carbocycles. The van der Waals surface area contributed by atoms with E-state index in [1.165, 1.54) is 12.1 Å². The number of nitrogens with zero attached hydrogens (tertiary/aromatic N) is 1. The van der Waals surface area contributed by atoms with Gasteiger partial charge in [0, 0.05) is 28.8 Å². The van der Waals surface area contributed by atoms with Crippen molar-refractivity contribution >= 4 is 17.4 Å². The van der Waals surface area contributed by atoms with Gasteiger partial charge in [0.15, 0.2) is 0 Å². The first kappa shape index (κ1) is 11.0. The molecule has 0 bridgehead atoms. The Morgan fingerprint density at radius 1 is 1.50 bits per heavy atom. The van der Waals surface area contributed by atoms with E-state index in [-0.39, 0.29) is 11.7 Å². The van der Waals surface area contributed by atoms with Crippen LogP contribution in [0.4, 0.5) is 5.69 Å². The Kier molecular flexibility index (Phi) is 3.91. The van der Waals surface area contributed by atoms with E-state index in [1.54, 1.807) is 23.9 Å². The SMILES string of the molecule is CC(N)CSc1ccc([N+](=O)[O-])cc1. The maximum atomic E-state index is 10.4. The maximum absolute atomic E-state index is 10.4. The van der Waals surface area contributed by atoms with Crippen LogP contribution in [0.3, 0.4) is 0 Å². The molecule has 1 aromatic carbocycles. The summed E-state index contributed by atoms with van der Waals surface area (Å²) >= 11 is 1.60. The van der Waals surface area contributed by atoms with Crippen molar-refractivity contribution < 1.29 is 4.92 Å². The fraction of sp³-hybridized carbons (Fsp3) is 0.333. The molecular weight excluding hydrogens is 200 g/mol. The van der Waals surface area contributed by atoms with Crippen molar-refractivity contribution in [2.24, 2.45) is 5.73 Å². The highest BCUT2D eigenvalue weighted by Gasteiger charge is 2.04. The lowest BCUT2D eigenvalue weighted by Gasteiger charge is -2.03. The standard InChI is InChI=1S/C9H12N2O2S/c1-7(10)6-14-9-4-2-8(3-5-9)11(12)13/h2-5,7H,6,10H2,1H3. The molecule has 4 nitrogen and oxygen atoms in total. The molecule has 0 aliphatic rings. The second-order valence-corrected chi connectivity index (χ2v) is 4.13. The Bertz CT molecular complexity index is 311. The third kappa shape index (κ3) is 3.35. The molecule has 0 saturated heterocycles. The first-order valence-corrected chi connectivity index (χ1v) is 5.21. The zero-order valence-electron chi connectivity index (χ0n) is 7.84. The van der Waals surface area contributed by atoms with E-state index in [9.17, 15) is 10.1 Å². The minimum atomic E-state index is -0.403. The van der Waals surface area contributed by atoms with Crippen LogP contribution in [0.25, 0.3) is 0 Å². The number of rotatable bonds is 4. The molecule has 1 unspecified atom stereocenters. The van der Waals surface area contributed by atoms with Gasteiger partial charge in [-0.2, -0.15) is 0 Å². The molecule has 76 valence electrons. The summed E-state index contributed by atoms with van der Waals surface area (Å²) in [7, 11) is 0. The lowest BCUT2D eigenvalue weighted by Crippen LogP contribution is -2.17. The Balaban J connectivity index is 2.60. The van der Waals surface area contributed by atoms with Crippen LogP contribution in [0.15, 0.2) is 29.2 Å². The summed E-state index contributed by atoms with van der Waals surface area (Å²) in [6.07, 6.45) is 0. The molecule has 0 aliphatic heterocycles. The molecule has 0 radical (unpaired) electrons. The zero-order chi connectivity index (χ0) is 10.6. The van der Waals surface area contributed by atoms with E-state index in [2.05, 4.69) is 0 Å². The first-order chi connectivity index (χ1) is 6.59. The van der Waals surface area contributed by atoms with Crippen LogP contribution in [0.1, 0.15) is 6.92 Å². The van der Waals surface area contributed by atoms with Gasteiger partial charge in [-0.15, -0.1) is 11.8 Å². The molecule has 0 fully saturated rings. The molecule has 1 aromatic rings. The number of nitrogens with two attached hydrogens (primary N) is 1. The average Bonchev–Trinajstić information content (AvgIpc) is 2.15. The maximum Gasteiger partial charge on any atom is 0.269 e. The van der Waals surface area contributed by atoms with E-state index in [0.717, 1.165) is 10.6 Å². The van der Waals surface area contributed by atoms with Crippen LogP contribution in [-0.2, 0) is 0 Å². The average molecular weight is 212 g/mol. The molecule has 2 N–H and O–H groups in total. The fourth-order valence-electron chi connectivity index (χ4n) is 0.892. The molecule has 0 spiro atoms. The van der Waals surface area contributed by atoms with Crippen LogP contribution in [0.5, 0.6) is 0 Å². The van der Waals surface area contributed by atoms with E-state index in [1.807, 2.05) is 6.92 Å². The largest absolute Gasteiger partial charge is 0.327 e. The molecule has 1 atom stereocenters. The number of hydrogen-bond donors (Lipinski definition) is 1. The minimum Gasteiger partial charge on any atom is -0.327 e. The van der Waals surface area contributed by atoms with Gasteiger partial charge in [0.25, 0.3) is 5.69 Å². The van der Waals surface area contributed by atoms with Crippen molar-refractivity contribution in [3.63, 3.8) is 0 Å². The van der Waals surface area contributed by atoms with Gasteiger partial charge >= 0.3 is 0 Å². The summed E-state index contributed by atoms with van der Waals surface area (Å²) in [6.45, 7) is 1.93. The topological polar surface area (TPSA) is 69.2 Å². The predicted octanol–water partition coefficient (Wildman–Crippen LogP) is 2.03. The van der Waals surface area contributed by atoms with Gasteiger partial charge in [-0.25, -0.2) is 0 Å². The number of nitro groups is 1. The number of hydrogen-bond acceptors (Lipinski definition) is 4. The van der Waals surface area contributed by atoms with Crippen molar-refractivity contribution in [1.29, 1.82) is 0 Å². The van der Waals surface area contributed by atoms with E-state index in [4.69, 9.17) is 5.73 Å². The van der Waals surface area contributed by atoms with E-state index in [0.29, 0.717) is 0 Å². The molecule has 0 saturated carbocycles. The van der Waals surface area contributed by atoms with Crippen molar-refractivity contribution in [1.82, 2.24) is 0 Å². The summed E-state index contributed by atoms with van der Waals surface area (Å²) < 4.78 is 0. The van der Waals surface area contributed by atoms with Gasteiger partial charge in [0.1, 0.15) is 0 Å². The molecule has 0 aromatic heterocycles. The quantitative estimate of drug-likeness (QED) is 0.471. The van der Waals surface area contributed by atoms with Crippen LogP contribution >= 0.6 is 11.8 Å². The third-order valence-corrected chi connectivity index (χ3v) is 2.86. The van der Waals surface area contributed by atoms with Gasteiger partial charge < -0.3 is 5.73 Å². The highest BCUT2D eigenvalue weighted by Crippen LogP contribution is 2.21. The lowest BCUT2D eigenvalue weighted by atomic mass is 10.3. The van der Waals surface area contributed by atoms with E-state index >= 15 is 0 Å². The second kappa shape index (κ2) is 4.97. The monoisotopic (exact) mass is 212 g/mol. The van der Waals surface area contributed by atoms with Crippen LogP contribution in [-0.4, -0.2) is 16.7 Å². The number of thioether (sulfide) groups is 1. The smallest absolute Gasteiger partial charge is 0.269 e. The van der Waals surface area contributed by atoms with Gasteiger partial charge in [0.2, 0.25) is 0 Å². The Hall–Kier alpha value is -1.07. The van der Waals surface area contributed by atoms with Crippen molar-refractivity contribution in [2.45, 2.75) is 17.9 Å². The van der Waals surface area contributed by atoms with Crippen LogP contribution in [0, 0.1) is 10.1 Å². The third-order valence-electron chi connectivity index (χ3n) is 1.56. The Labute approximate surface area is 86.6 Å². The van der Waals surface area contributed by atoms with Crippen LogP contribution in [0.2, 0.25) is 0 Å². The second-order valence-electron chi connectivity index (χ2n) is 3.04. The summed E-state index contributed by atoms with van der Waals surface area (Å²) in [6, 6.07) is 6.62. The molecular formula is C9H12N2O2S. The molecule has 5 heteroatoms. The number of non-ortho nitro benzene ring substituents is 1. The first-order valence-electron chi connectivity index (χ1n) is 4.22. The van der Waals surface area contributed by atoms with Crippen molar-refractivity contribution in [3.05, 3.63) is 34.4 Å². The van der Waals surface area contributed by atoms with E-state index < -0.39 is 4.92 Å². The molecule has 0 amide bonds. The Morgan fingerprint density at radius 2 is 2.07 bits per heavy atom. The van der Waals surface area contributed by atoms with Crippen molar-refractivity contribution in [2.75, 3.05) is 5.75 Å². The van der Waals surface area contributed by atoms with Gasteiger partial charge in [-0.1, -0.05) is 0 Å². The number of nitro benzene ring substituents is 1. The summed E-state index contributed by atoms with van der Waals surface area (Å²) in [5.41, 5.74) is 5.71. The predicted molar refractivity (Wildman–Crippen MR) is 57.5 cm³/mol. The fourth-order valence-corrected chi connectivity index (χ4v) is 1.68. The Morgan fingerprint density at radius 3 is 2.50 bits per heavy atom. The summed E-state index contributed by atoms with van der Waals surface area (Å²) in [5.74, 6) is 0.817.